The van der Waals surface area contributed by atoms with Gasteiger partial charge in [-0.15, -0.1) is 0 Å². The second-order valence-corrected chi connectivity index (χ2v) is 4.21. The van der Waals surface area contributed by atoms with Gasteiger partial charge in [0.25, 0.3) is 0 Å². The van der Waals surface area contributed by atoms with E-state index in [-0.39, 0.29) is 30.7 Å². The molecule has 0 bridgehead atoms. The van der Waals surface area contributed by atoms with Crippen LogP contribution in [-0.4, -0.2) is 30.3 Å². The monoisotopic (exact) mass is 256 g/mol. The van der Waals surface area contributed by atoms with Gasteiger partial charge in [0, 0.05) is 24.1 Å². The molecule has 1 aromatic carbocycles. The minimum Gasteiger partial charge on any atom is -0.395 e. The second-order valence-electron chi connectivity index (χ2n) is 4.21. The van der Waals surface area contributed by atoms with Crippen molar-refractivity contribution < 1.29 is 18.7 Å². The third-order valence-electron chi connectivity index (χ3n) is 2.87. The highest BCUT2D eigenvalue weighted by Gasteiger charge is 2.42. The van der Waals surface area contributed by atoms with Crippen LogP contribution in [0.2, 0.25) is 0 Å². The lowest BCUT2D eigenvalue weighted by molar-refractivity contribution is 0.233. The Balaban J connectivity index is 1.93. The number of rotatable bonds is 4. The van der Waals surface area contributed by atoms with Gasteiger partial charge in [0.15, 0.2) is 0 Å². The molecule has 1 aromatic rings. The normalized spacial score (nSPS) is 21.5. The summed E-state index contributed by atoms with van der Waals surface area (Å²) in [7, 11) is 0. The number of halogens is 2. The number of aliphatic hydroxyl groups is 1. The molecule has 2 rings (SSSR count). The van der Waals surface area contributed by atoms with Crippen molar-refractivity contribution >= 4 is 6.03 Å². The summed E-state index contributed by atoms with van der Waals surface area (Å²) in [5.41, 5.74) is 0.0324. The van der Waals surface area contributed by atoms with Gasteiger partial charge in [0.1, 0.15) is 11.6 Å². The zero-order valence-corrected chi connectivity index (χ0v) is 9.62. The first-order chi connectivity index (χ1) is 8.63. The van der Waals surface area contributed by atoms with Crippen LogP contribution in [-0.2, 0) is 0 Å². The van der Waals surface area contributed by atoms with E-state index in [4.69, 9.17) is 5.11 Å². The molecule has 0 radical (unpaired) electrons. The molecule has 98 valence electrons. The van der Waals surface area contributed by atoms with Crippen molar-refractivity contribution in [3.05, 3.63) is 35.4 Å². The number of amides is 2. The molecular weight excluding hydrogens is 242 g/mol. The number of urea groups is 1. The Morgan fingerprint density at radius 3 is 2.67 bits per heavy atom. The van der Waals surface area contributed by atoms with Crippen molar-refractivity contribution in [1.82, 2.24) is 10.6 Å². The summed E-state index contributed by atoms with van der Waals surface area (Å²) >= 11 is 0. The van der Waals surface area contributed by atoms with Crippen molar-refractivity contribution in [2.24, 2.45) is 0 Å². The Morgan fingerprint density at radius 1 is 1.39 bits per heavy atom. The van der Waals surface area contributed by atoms with Crippen LogP contribution in [0.25, 0.3) is 0 Å². The molecule has 0 aliphatic heterocycles. The Hall–Kier alpha value is -1.69. The van der Waals surface area contributed by atoms with E-state index >= 15 is 0 Å². The maximum Gasteiger partial charge on any atom is 0.315 e. The standard InChI is InChI=1S/C12H14F2N2O2/c13-8-2-1-3-9(14)11(8)7-6-10(7)16-12(18)15-4-5-17/h1-3,7,10,17H,4-6H2,(H2,15,16,18). The van der Waals surface area contributed by atoms with Crippen molar-refractivity contribution in [3.63, 3.8) is 0 Å². The average Bonchev–Trinajstić information content (AvgIpc) is 3.05. The molecule has 6 heteroatoms. The Morgan fingerprint density at radius 2 is 2.06 bits per heavy atom. The summed E-state index contributed by atoms with van der Waals surface area (Å²) in [6.07, 6.45) is 0.518. The number of hydrogen-bond acceptors (Lipinski definition) is 2. The van der Waals surface area contributed by atoms with E-state index in [1.165, 1.54) is 18.2 Å². The molecule has 0 heterocycles. The smallest absolute Gasteiger partial charge is 0.315 e. The van der Waals surface area contributed by atoms with Crippen LogP contribution in [0.3, 0.4) is 0 Å². The summed E-state index contributed by atoms with van der Waals surface area (Å²) in [6.45, 7) is 0.000730. The highest BCUT2D eigenvalue weighted by Crippen LogP contribution is 2.42. The SMILES string of the molecule is O=C(NCCO)NC1CC1c1c(F)cccc1F. The molecule has 1 saturated carbocycles. The lowest BCUT2D eigenvalue weighted by Gasteiger charge is -2.07. The summed E-state index contributed by atoms with van der Waals surface area (Å²) in [4.78, 5) is 11.3. The maximum atomic E-state index is 13.5. The number of hydrogen-bond donors (Lipinski definition) is 3. The van der Waals surface area contributed by atoms with E-state index in [9.17, 15) is 13.6 Å². The first-order valence-electron chi connectivity index (χ1n) is 5.72. The van der Waals surface area contributed by atoms with Crippen molar-refractivity contribution in [2.45, 2.75) is 18.4 Å². The lowest BCUT2D eigenvalue weighted by atomic mass is 10.1. The summed E-state index contributed by atoms with van der Waals surface area (Å²) in [6, 6.07) is 3.04. The Labute approximate surface area is 103 Å². The second kappa shape index (κ2) is 5.30. The molecule has 0 saturated heterocycles. The predicted molar refractivity (Wildman–Crippen MR) is 61.1 cm³/mol. The molecule has 2 atom stereocenters. The van der Waals surface area contributed by atoms with Crippen LogP contribution in [0.4, 0.5) is 13.6 Å². The maximum absolute atomic E-state index is 13.5. The summed E-state index contributed by atoms with van der Waals surface area (Å²) in [5, 5.41) is 13.5. The van der Waals surface area contributed by atoms with Crippen LogP contribution < -0.4 is 10.6 Å². The predicted octanol–water partition coefficient (Wildman–Crippen LogP) is 1.11. The molecule has 4 nitrogen and oxygen atoms in total. The lowest BCUT2D eigenvalue weighted by Crippen LogP contribution is -2.38. The molecular formula is C12H14F2N2O2. The van der Waals surface area contributed by atoms with Crippen LogP contribution >= 0.6 is 0 Å². The van der Waals surface area contributed by atoms with Gasteiger partial charge < -0.3 is 15.7 Å². The van der Waals surface area contributed by atoms with Crippen LogP contribution in [0.15, 0.2) is 18.2 Å². The van der Waals surface area contributed by atoms with Gasteiger partial charge >= 0.3 is 6.03 Å². The van der Waals surface area contributed by atoms with Crippen molar-refractivity contribution in [3.8, 4) is 0 Å². The fourth-order valence-corrected chi connectivity index (χ4v) is 1.93. The van der Waals surface area contributed by atoms with Crippen molar-refractivity contribution in [1.29, 1.82) is 0 Å². The van der Waals surface area contributed by atoms with Crippen molar-refractivity contribution in [2.75, 3.05) is 13.2 Å². The topological polar surface area (TPSA) is 61.4 Å². The van der Waals surface area contributed by atoms with E-state index < -0.39 is 17.7 Å². The van der Waals surface area contributed by atoms with E-state index in [1.54, 1.807) is 0 Å². The highest BCUT2D eigenvalue weighted by molar-refractivity contribution is 5.74. The zero-order chi connectivity index (χ0) is 13.1. The third kappa shape index (κ3) is 2.76. The van der Waals surface area contributed by atoms with Gasteiger partial charge in [0.05, 0.1) is 6.61 Å². The third-order valence-corrected chi connectivity index (χ3v) is 2.87. The van der Waals surface area contributed by atoms with Gasteiger partial charge in [-0.3, -0.25) is 0 Å². The molecule has 18 heavy (non-hydrogen) atoms. The molecule has 1 aliphatic rings. The first kappa shape index (κ1) is 12.8. The number of aliphatic hydroxyl groups excluding tert-OH is 1. The van der Waals surface area contributed by atoms with Crippen LogP contribution in [0.1, 0.15) is 17.9 Å². The van der Waals surface area contributed by atoms with Gasteiger partial charge in [-0.2, -0.15) is 0 Å². The summed E-state index contributed by atoms with van der Waals surface area (Å²) in [5.74, 6) is -1.48. The van der Waals surface area contributed by atoms with Gasteiger partial charge in [-0.1, -0.05) is 6.07 Å². The minimum atomic E-state index is -0.583. The van der Waals surface area contributed by atoms with E-state index in [0.717, 1.165) is 0 Å². The fraction of sp³-hybridized carbons (Fsp3) is 0.417. The molecule has 2 amide bonds. The fourth-order valence-electron chi connectivity index (χ4n) is 1.93. The largest absolute Gasteiger partial charge is 0.395 e. The molecule has 2 unspecified atom stereocenters. The quantitative estimate of drug-likeness (QED) is 0.755. The van der Waals surface area contributed by atoms with Crippen LogP contribution in [0, 0.1) is 11.6 Å². The van der Waals surface area contributed by atoms with E-state index in [1.807, 2.05) is 0 Å². The molecule has 3 N–H and O–H groups in total. The zero-order valence-electron chi connectivity index (χ0n) is 9.62. The molecule has 1 aliphatic carbocycles. The number of carbonyl (C=O) groups is 1. The van der Waals surface area contributed by atoms with E-state index in [0.29, 0.717) is 6.42 Å². The van der Waals surface area contributed by atoms with Gasteiger partial charge in [-0.25, -0.2) is 13.6 Å². The van der Waals surface area contributed by atoms with Gasteiger partial charge in [0.2, 0.25) is 0 Å². The summed E-state index contributed by atoms with van der Waals surface area (Å²) < 4.78 is 26.9. The molecule has 0 spiro atoms. The van der Waals surface area contributed by atoms with Crippen LogP contribution in [0.5, 0.6) is 0 Å². The minimum absolute atomic E-state index is 0.0324. The average molecular weight is 256 g/mol. The number of benzene rings is 1. The van der Waals surface area contributed by atoms with E-state index in [2.05, 4.69) is 10.6 Å². The number of carbonyl (C=O) groups excluding carboxylic acids is 1. The Kier molecular flexibility index (Phi) is 3.76. The molecule has 0 aromatic heterocycles. The van der Waals surface area contributed by atoms with Gasteiger partial charge in [-0.05, 0) is 18.6 Å². The Bertz CT molecular complexity index is 433. The number of nitrogens with one attached hydrogen (secondary N) is 2. The molecule has 1 fully saturated rings. The highest BCUT2D eigenvalue weighted by atomic mass is 19.1. The first-order valence-corrected chi connectivity index (χ1v) is 5.72.